The van der Waals surface area contributed by atoms with E-state index in [0.29, 0.717) is 0 Å². The average molecular weight is 247 g/mol. The molecule has 1 nitrogen and oxygen atoms in total. The van der Waals surface area contributed by atoms with Crippen LogP contribution in [0.4, 0.5) is 0 Å². The highest BCUT2D eigenvalue weighted by Crippen LogP contribution is 2.33. The Bertz CT molecular complexity index is 825. The monoisotopic (exact) mass is 247 g/mol. The molecule has 0 aliphatic heterocycles. The number of benzene rings is 2. The summed E-state index contributed by atoms with van der Waals surface area (Å²) in [5, 5.41) is 11.0. The summed E-state index contributed by atoms with van der Waals surface area (Å²) >= 11 is 1.80. The molecule has 2 aromatic carbocycles. The van der Waals surface area contributed by atoms with Crippen molar-refractivity contribution in [3.63, 3.8) is 0 Å². The smallest absolute Gasteiger partial charge is 0.0966 e. The molecular formula is C16H9NS. The van der Waals surface area contributed by atoms with Crippen LogP contribution in [-0.2, 0) is 0 Å². The summed E-state index contributed by atoms with van der Waals surface area (Å²) in [5.74, 6) is 5.87. The van der Waals surface area contributed by atoms with Gasteiger partial charge in [-0.1, -0.05) is 30.0 Å². The highest BCUT2D eigenvalue weighted by atomic mass is 32.1. The van der Waals surface area contributed by atoms with Gasteiger partial charge < -0.3 is 0 Å². The van der Waals surface area contributed by atoms with Crippen LogP contribution >= 0.6 is 11.3 Å². The van der Waals surface area contributed by atoms with E-state index in [1.165, 1.54) is 20.2 Å². The Hall–Kier alpha value is -2.29. The summed E-state index contributed by atoms with van der Waals surface area (Å²) < 4.78 is 2.58. The zero-order chi connectivity index (χ0) is 12.4. The quantitative estimate of drug-likeness (QED) is 0.543. The van der Waals surface area contributed by atoms with E-state index >= 15 is 0 Å². The van der Waals surface area contributed by atoms with E-state index in [1.54, 1.807) is 11.3 Å². The van der Waals surface area contributed by atoms with Gasteiger partial charge in [-0.25, -0.2) is 0 Å². The second-order valence-corrected chi connectivity index (χ2v) is 5.03. The van der Waals surface area contributed by atoms with Crippen LogP contribution < -0.4 is 0 Å². The molecule has 0 unspecified atom stereocenters. The Kier molecular flexibility index (Phi) is 2.73. The van der Waals surface area contributed by atoms with E-state index in [9.17, 15) is 0 Å². The fourth-order valence-electron chi connectivity index (χ4n) is 1.99. The predicted molar refractivity (Wildman–Crippen MR) is 76.4 cm³/mol. The van der Waals surface area contributed by atoms with Crippen molar-refractivity contribution < 1.29 is 0 Å². The number of rotatable bonds is 0. The van der Waals surface area contributed by atoms with Crippen molar-refractivity contribution in [2.45, 2.75) is 6.42 Å². The van der Waals surface area contributed by atoms with Gasteiger partial charge in [-0.05, 0) is 24.3 Å². The van der Waals surface area contributed by atoms with E-state index in [0.717, 1.165) is 5.56 Å². The lowest BCUT2D eigenvalue weighted by Gasteiger charge is -1.93. The number of hydrogen-bond acceptors (Lipinski definition) is 2. The fourth-order valence-corrected chi connectivity index (χ4v) is 3.08. The first kappa shape index (κ1) is 10.8. The minimum Gasteiger partial charge on any atom is -0.197 e. The largest absolute Gasteiger partial charge is 0.197 e. The van der Waals surface area contributed by atoms with Crippen molar-refractivity contribution in [2.24, 2.45) is 0 Å². The Morgan fingerprint density at radius 1 is 1.00 bits per heavy atom. The van der Waals surface area contributed by atoms with Crippen LogP contribution in [0.15, 0.2) is 42.5 Å². The predicted octanol–water partition coefficient (Wildman–Crippen LogP) is 4.32. The number of nitriles is 1. The maximum atomic E-state index is 8.47. The molecule has 0 aliphatic rings. The number of fused-ring (bicyclic) bond motifs is 3. The normalized spacial score (nSPS) is 9.94. The van der Waals surface area contributed by atoms with Gasteiger partial charge >= 0.3 is 0 Å². The topological polar surface area (TPSA) is 23.8 Å². The van der Waals surface area contributed by atoms with Crippen LogP contribution in [0.5, 0.6) is 0 Å². The second-order valence-electron chi connectivity index (χ2n) is 3.95. The molecule has 84 valence electrons. The summed E-state index contributed by atoms with van der Waals surface area (Å²) in [6, 6.07) is 16.7. The molecule has 3 aromatic rings. The Morgan fingerprint density at radius 3 is 2.72 bits per heavy atom. The van der Waals surface area contributed by atoms with Crippen molar-refractivity contribution >= 4 is 31.5 Å². The van der Waals surface area contributed by atoms with Crippen molar-refractivity contribution in [2.75, 3.05) is 0 Å². The molecule has 0 N–H and O–H groups in total. The van der Waals surface area contributed by atoms with Gasteiger partial charge in [-0.3, -0.25) is 0 Å². The summed E-state index contributed by atoms with van der Waals surface area (Å²) in [6.07, 6.45) is 0.280. The van der Waals surface area contributed by atoms with E-state index in [4.69, 9.17) is 5.26 Å². The van der Waals surface area contributed by atoms with E-state index in [-0.39, 0.29) is 6.42 Å². The van der Waals surface area contributed by atoms with Gasteiger partial charge in [0.05, 0.1) is 12.5 Å². The zero-order valence-corrected chi connectivity index (χ0v) is 10.4. The van der Waals surface area contributed by atoms with Gasteiger partial charge in [-0.15, -0.1) is 11.3 Å². The van der Waals surface area contributed by atoms with Gasteiger partial charge in [0, 0.05) is 25.7 Å². The second kappa shape index (κ2) is 4.53. The van der Waals surface area contributed by atoms with Gasteiger partial charge in [0.2, 0.25) is 0 Å². The van der Waals surface area contributed by atoms with Crippen molar-refractivity contribution in [1.29, 1.82) is 5.26 Å². The van der Waals surface area contributed by atoms with Crippen LogP contribution in [0.2, 0.25) is 0 Å². The lowest BCUT2D eigenvalue weighted by molar-refractivity contribution is 1.40. The van der Waals surface area contributed by atoms with Crippen LogP contribution in [-0.4, -0.2) is 0 Å². The molecule has 1 heterocycles. The van der Waals surface area contributed by atoms with Crippen molar-refractivity contribution in [3.05, 3.63) is 48.0 Å². The van der Waals surface area contributed by atoms with E-state index < -0.39 is 0 Å². The SMILES string of the molecule is N#CCC#Cc1ccc2sc3ccccc3c2c1. The van der Waals surface area contributed by atoms with E-state index in [1.807, 2.05) is 12.1 Å². The van der Waals surface area contributed by atoms with Gasteiger partial charge in [0.15, 0.2) is 0 Å². The number of thiophene rings is 1. The molecule has 0 fully saturated rings. The molecule has 0 spiro atoms. The van der Waals surface area contributed by atoms with Gasteiger partial charge in [0.1, 0.15) is 0 Å². The van der Waals surface area contributed by atoms with Crippen molar-refractivity contribution in [1.82, 2.24) is 0 Å². The molecule has 0 saturated heterocycles. The first-order valence-electron chi connectivity index (χ1n) is 5.65. The first-order chi connectivity index (χ1) is 8.88. The molecule has 0 saturated carbocycles. The maximum Gasteiger partial charge on any atom is 0.0966 e. The summed E-state index contributed by atoms with van der Waals surface area (Å²) in [6.45, 7) is 0. The molecule has 0 atom stereocenters. The van der Waals surface area contributed by atoms with Crippen LogP contribution in [0.3, 0.4) is 0 Å². The number of nitrogens with zero attached hydrogens (tertiary/aromatic N) is 1. The standard InChI is InChI=1S/C16H9NS/c17-10-4-3-5-12-8-9-16-14(11-12)13-6-1-2-7-15(13)18-16/h1-2,6-9,11H,4H2. The molecule has 1 aromatic heterocycles. The van der Waals surface area contributed by atoms with Gasteiger partial charge in [-0.2, -0.15) is 5.26 Å². The molecule has 0 aliphatic carbocycles. The van der Waals surface area contributed by atoms with Crippen LogP contribution in [0.25, 0.3) is 20.2 Å². The third-order valence-corrected chi connectivity index (χ3v) is 3.93. The van der Waals surface area contributed by atoms with E-state index in [2.05, 4.69) is 48.2 Å². The molecule has 3 rings (SSSR count). The highest BCUT2D eigenvalue weighted by molar-refractivity contribution is 7.25. The number of hydrogen-bond donors (Lipinski definition) is 0. The Morgan fingerprint density at radius 2 is 1.83 bits per heavy atom. The third-order valence-electron chi connectivity index (χ3n) is 2.78. The molecule has 0 radical (unpaired) electrons. The van der Waals surface area contributed by atoms with Gasteiger partial charge in [0.25, 0.3) is 0 Å². The lowest BCUT2D eigenvalue weighted by Crippen LogP contribution is -1.73. The van der Waals surface area contributed by atoms with Crippen LogP contribution in [0, 0.1) is 23.2 Å². The molecular weight excluding hydrogens is 238 g/mol. The minimum atomic E-state index is 0.280. The lowest BCUT2D eigenvalue weighted by atomic mass is 10.1. The molecule has 0 amide bonds. The summed E-state index contributed by atoms with van der Waals surface area (Å²) in [4.78, 5) is 0. The third kappa shape index (κ3) is 1.84. The zero-order valence-electron chi connectivity index (χ0n) is 9.60. The summed E-state index contributed by atoms with van der Waals surface area (Å²) in [7, 11) is 0. The maximum absolute atomic E-state index is 8.47. The highest BCUT2D eigenvalue weighted by Gasteiger charge is 2.03. The van der Waals surface area contributed by atoms with Crippen LogP contribution in [0.1, 0.15) is 12.0 Å². The molecule has 2 heteroatoms. The summed E-state index contributed by atoms with van der Waals surface area (Å²) in [5.41, 5.74) is 0.973. The first-order valence-corrected chi connectivity index (χ1v) is 6.47. The Labute approximate surface area is 109 Å². The Balaban J connectivity index is 2.20. The van der Waals surface area contributed by atoms with Crippen molar-refractivity contribution in [3.8, 4) is 17.9 Å². The molecule has 0 bridgehead atoms. The molecule has 18 heavy (non-hydrogen) atoms. The minimum absolute atomic E-state index is 0.280. The average Bonchev–Trinajstić information content (AvgIpc) is 2.77. The fraction of sp³-hybridized carbons (Fsp3) is 0.0625.